The Kier molecular flexibility index (Phi) is 7.82. The van der Waals surface area contributed by atoms with Crippen molar-refractivity contribution in [2.45, 2.75) is 26.0 Å². The van der Waals surface area contributed by atoms with Gasteiger partial charge in [-0.05, 0) is 24.3 Å². The van der Waals surface area contributed by atoms with E-state index >= 15 is 0 Å². The fourth-order valence-corrected chi connectivity index (χ4v) is 1.53. The molecule has 0 saturated carbocycles. The van der Waals surface area contributed by atoms with Gasteiger partial charge in [-0.25, -0.2) is 0 Å². The van der Waals surface area contributed by atoms with Gasteiger partial charge in [0.1, 0.15) is 12.4 Å². The molecule has 2 N–H and O–H groups in total. The topological polar surface area (TPSA) is 50.7 Å². The molecule has 0 aliphatic rings. The van der Waals surface area contributed by atoms with E-state index in [1.807, 2.05) is 26.0 Å². The molecule has 0 aliphatic carbocycles. The summed E-state index contributed by atoms with van der Waals surface area (Å²) in [4.78, 5) is 0. The van der Waals surface area contributed by atoms with Crippen molar-refractivity contribution in [1.29, 1.82) is 0 Å². The summed E-state index contributed by atoms with van der Waals surface area (Å²) in [5.41, 5.74) is 0. The molecule has 0 fully saturated rings. The predicted octanol–water partition coefficient (Wildman–Crippen LogP) is 2.09. The normalized spacial score (nSPS) is 12.7. The summed E-state index contributed by atoms with van der Waals surface area (Å²) < 4.78 is 10.8. The maximum absolute atomic E-state index is 9.60. The lowest BCUT2D eigenvalue weighted by molar-refractivity contribution is 0.0244. The van der Waals surface area contributed by atoms with Crippen molar-refractivity contribution in [3.8, 4) is 5.75 Å². The quantitative estimate of drug-likeness (QED) is 0.683. The smallest absolute Gasteiger partial charge is 0.119 e. The standard InChI is InChI=1S/C14H22ClNO3/c1-11(2)16-9-13(17)10-18-7-8-19-14-5-3-12(15)4-6-14/h3-6,11,13,16-17H,7-10H2,1-2H3/t13-/m1/s1. The Labute approximate surface area is 119 Å². The number of hydrogen-bond donors (Lipinski definition) is 2. The van der Waals surface area contributed by atoms with E-state index in [1.54, 1.807) is 12.1 Å². The molecule has 108 valence electrons. The van der Waals surface area contributed by atoms with Crippen LogP contribution in [0.5, 0.6) is 5.75 Å². The van der Waals surface area contributed by atoms with Crippen LogP contribution in [0.4, 0.5) is 0 Å². The lowest BCUT2D eigenvalue weighted by atomic mass is 10.3. The maximum atomic E-state index is 9.60. The molecule has 1 atom stereocenters. The summed E-state index contributed by atoms with van der Waals surface area (Å²) in [5.74, 6) is 0.759. The van der Waals surface area contributed by atoms with Gasteiger partial charge in [-0.15, -0.1) is 0 Å². The number of rotatable bonds is 9. The van der Waals surface area contributed by atoms with Gasteiger partial charge in [0, 0.05) is 17.6 Å². The fraction of sp³-hybridized carbons (Fsp3) is 0.571. The van der Waals surface area contributed by atoms with Crippen LogP contribution in [0.2, 0.25) is 5.02 Å². The average molecular weight is 288 g/mol. The highest BCUT2D eigenvalue weighted by Gasteiger charge is 2.04. The van der Waals surface area contributed by atoms with E-state index in [2.05, 4.69) is 5.32 Å². The van der Waals surface area contributed by atoms with Gasteiger partial charge in [-0.2, -0.15) is 0 Å². The van der Waals surface area contributed by atoms with E-state index in [-0.39, 0.29) is 0 Å². The van der Waals surface area contributed by atoms with Crippen molar-refractivity contribution in [3.63, 3.8) is 0 Å². The second kappa shape index (κ2) is 9.15. The van der Waals surface area contributed by atoms with Gasteiger partial charge < -0.3 is 19.9 Å². The van der Waals surface area contributed by atoms with Gasteiger partial charge in [-0.3, -0.25) is 0 Å². The molecule has 0 saturated heterocycles. The third-order valence-electron chi connectivity index (χ3n) is 2.38. The Morgan fingerprint density at radius 1 is 1.21 bits per heavy atom. The predicted molar refractivity (Wildman–Crippen MR) is 76.9 cm³/mol. The van der Waals surface area contributed by atoms with E-state index in [0.717, 1.165) is 5.75 Å². The van der Waals surface area contributed by atoms with Crippen LogP contribution in [0.25, 0.3) is 0 Å². The Morgan fingerprint density at radius 3 is 2.53 bits per heavy atom. The molecule has 19 heavy (non-hydrogen) atoms. The molecule has 5 heteroatoms. The van der Waals surface area contributed by atoms with Gasteiger partial charge >= 0.3 is 0 Å². The minimum atomic E-state index is -0.488. The minimum absolute atomic E-state index is 0.309. The number of aliphatic hydroxyl groups excluding tert-OH is 1. The number of benzene rings is 1. The lowest BCUT2D eigenvalue weighted by Crippen LogP contribution is -2.34. The summed E-state index contributed by atoms with van der Waals surface area (Å²) in [7, 11) is 0. The molecule has 1 aromatic carbocycles. The van der Waals surface area contributed by atoms with Crippen molar-refractivity contribution >= 4 is 11.6 Å². The van der Waals surface area contributed by atoms with Crippen LogP contribution in [-0.4, -0.2) is 43.6 Å². The first-order chi connectivity index (χ1) is 9.08. The first-order valence-electron chi connectivity index (χ1n) is 6.45. The Balaban J connectivity index is 2.03. The Hall–Kier alpha value is -0.810. The SMILES string of the molecule is CC(C)NC[C@@H](O)COCCOc1ccc(Cl)cc1. The van der Waals surface area contributed by atoms with Gasteiger partial charge in [0.15, 0.2) is 0 Å². The van der Waals surface area contributed by atoms with E-state index in [1.165, 1.54) is 0 Å². The Morgan fingerprint density at radius 2 is 1.89 bits per heavy atom. The van der Waals surface area contributed by atoms with Crippen molar-refractivity contribution in [2.24, 2.45) is 0 Å². The highest BCUT2D eigenvalue weighted by Crippen LogP contribution is 2.15. The zero-order valence-corrected chi connectivity index (χ0v) is 12.2. The molecule has 0 aromatic heterocycles. The second-order valence-corrected chi connectivity index (χ2v) is 5.03. The van der Waals surface area contributed by atoms with E-state index in [0.29, 0.717) is 37.4 Å². The number of nitrogens with one attached hydrogen (secondary N) is 1. The molecule has 4 nitrogen and oxygen atoms in total. The highest BCUT2D eigenvalue weighted by atomic mass is 35.5. The number of halogens is 1. The molecule has 1 aromatic rings. The van der Waals surface area contributed by atoms with Gasteiger partial charge in [0.25, 0.3) is 0 Å². The van der Waals surface area contributed by atoms with Gasteiger partial charge in [0.05, 0.1) is 19.3 Å². The molecule has 0 bridgehead atoms. The molecular formula is C14H22ClNO3. The van der Waals surface area contributed by atoms with Gasteiger partial charge in [-0.1, -0.05) is 25.4 Å². The molecule has 0 amide bonds. The summed E-state index contributed by atoms with van der Waals surface area (Å²) >= 11 is 5.77. The summed E-state index contributed by atoms with van der Waals surface area (Å²) in [6.07, 6.45) is -0.488. The molecule has 1 rings (SSSR count). The van der Waals surface area contributed by atoms with Crippen LogP contribution in [0.3, 0.4) is 0 Å². The van der Waals surface area contributed by atoms with Gasteiger partial charge in [0.2, 0.25) is 0 Å². The maximum Gasteiger partial charge on any atom is 0.119 e. The van der Waals surface area contributed by atoms with Crippen molar-refractivity contribution in [3.05, 3.63) is 29.3 Å². The largest absolute Gasteiger partial charge is 0.491 e. The summed E-state index contributed by atoms with van der Waals surface area (Å²) in [6.45, 7) is 5.81. The van der Waals surface area contributed by atoms with Crippen LogP contribution in [0.15, 0.2) is 24.3 Å². The molecule has 0 unspecified atom stereocenters. The third kappa shape index (κ3) is 8.06. The lowest BCUT2D eigenvalue weighted by Gasteiger charge is -2.14. The number of aliphatic hydroxyl groups is 1. The van der Waals surface area contributed by atoms with Crippen molar-refractivity contribution < 1.29 is 14.6 Å². The first-order valence-corrected chi connectivity index (χ1v) is 6.83. The minimum Gasteiger partial charge on any atom is -0.491 e. The van der Waals surface area contributed by atoms with E-state index in [4.69, 9.17) is 21.1 Å². The molecule has 0 aliphatic heterocycles. The molecular weight excluding hydrogens is 266 g/mol. The molecule has 0 heterocycles. The van der Waals surface area contributed by atoms with Crippen LogP contribution in [0, 0.1) is 0 Å². The first kappa shape index (κ1) is 16.2. The van der Waals surface area contributed by atoms with Crippen molar-refractivity contribution in [2.75, 3.05) is 26.4 Å². The van der Waals surface area contributed by atoms with Crippen LogP contribution < -0.4 is 10.1 Å². The number of hydrogen-bond acceptors (Lipinski definition) is 4. The third-order valence-corrected chi connectivity index (χ3v) is 2.63. The fourth-order valence-electron chi connectivity index (χ4n) is 1.40. The average Bonchev–Trinajstić information content (AvgIpc) is 2.38. The number of ether oxygens (including phenoxy) is 2. The summed E-state index contributed by atoms with van der Waals surface area (Å²) in [6, 6.07) is 7.54. The highest BCUT2D eigenvalue weighted by molar-refractivity contribution is 6.30. The van der Waals surface area contributed by atoms with Crippen molar-refractivity contribution in [1.82, 2.24) is 5.32 Å². The van der Waals surface area contributed by atoms with Crippen LogP contribution >= 0.6 is 11.6 Å². The van der Waals surface area contributed by atoms with Crippen LogP contribution in [-0.2, 0) is 4.74 Å². The second-order valence-electron chi connectivity index (χ2n) is 4.59. The summed E-state index contributed by atoms with van der Waals surface area (Å²) in [5, 5.41) is 13.4. The van der Waals surface area contributed by atoms with E-state index < -0.39 is 6.10 Å². The molecule has 0 radical (unpaired) electrons. The molecule has 0 spiro atoms. The monoisotopic (exact) mass is 287 g/mol. The Bertz CT molecular complexity index is 343. The zero-order valence-electron chi connectivity index (χ0n) is 11.4. The van der Waals surface area contributed by atoms with Crippen LogP contribution in [0.1, 0.15) is 13.8 Å². The van der Waals surface area contributed by atoms with E-state index in [9.17, 15) is 5.11 Å². The zero-order chi connectivity index (χ0) is 14.1.